The van der Waals surface area contributed by atoms with Crippen LogP contribution in [-0.4, -0.2) is 15.0 Å². The summed E-state index contributed by atoms with van der Waals surface area (Å²) >= 11 is 5.33. The van der Waals surface area contributed by atoms with Crippen molar-refractivity contribution in [2.75, 3.05) is 0 Å². The van der Waals surface area contributed by atoms with Gasteiger partial charge in [-0.25, -0.2) is 15.0 Å². The maximum atomic E-state index is 4.98. The molecule has 146 valence electrons. The Labute approximate surface area is 175 Å². The highest BCUT2D eigenvalue weighted by molar-refractivity contribution is 7.21. The minimum absolute atomic E-state index is 0.0307. The first-order valence-corrected chi connectivity index (χ1v) is 12.0. The van der Waals surface area contributed by atoms with E-state index in [0.717, 1.165) is 23.5 Å². The molecule has 3 heterocycles. The van der Waals surface area contributed by atoms with Crippen molar-refractivity contribution in [3.8, 4) is 9.88 Å². The Kier molecular flexibility index (Phi) is 5.90. The molecule has 0 spiro atoms. The highest BCUT2D eigenvalue weighted by Gasteiger charge is 2.27. The highest BCUT2D eigenvalue weighted by Crippen LogP contribution is 2.38. The largest absolute Gasteiger partial charge is 0.249 e. The van der Waals surface area contributed by atoms with E-state index in [1.165, 1.54) is 19.8 Å². The van der Waals surface area contributed by atoms with Crippen LogP contribution in [0, 0.1) is 0 Å². The molecule has 0 aliphatic heterocycles. The van der Waals surface area contributed by atoms with Crippen LogP contribution in [-0.2, 0) is 17.3 Å². The quantitative estimate of drug-likeness (QED) is 0.411. The van der Waals surface area contributed by atoms with E-state index in [2.05, 4.69) is 63.8 Å². The Morgan fingerprint density at radius 1 is 1.00 bits per heavy atom. The predicted molar refractivity (Wildman–Crippen MR) is 119 cm³/mol. The van der Waals surface area contributed by atoms with Crippen LogP contribution in [0.25, 0.3) is 9.88 Å². The van der Waals surface area contributed by atoms with Crippen molar-refractivity contribution in [3.63, 3.8) is 0 Å². The highest BCUT2D eigenvalue weighted by atomic mass is 32.1. The topological polar surface area (TPSA) is 38.7 Å². The molecule has 3 aromatic heterocycles. The van der Waals surface area contributed by atoms with Crippen molar-refractivity contribution in [1.82, 2.24) is 15.0 Å². The van der Waals surface area contributed by atoms with Crippen LogP contribution in [0.1, 0.15) is 81.4 Å². The van der Waals surface area contributed by atoms with E-state index in [-0.39, 0.29) is 10.8 Å². The molecule has 0 aliphatic carbocycles. The maximum Gasteiger partial charge on any atom is 0.135 e. The zero-order valence-corrected chi connectivity index (χ0v) is 19.7. The van der Waals surface area contributed by atoms with Crippen molar-refractivity contribution in [3.05, 3.63) is 38.4 Å². The van der Waals surface area contributed by atoms with E-state index in [1.807, 2.05) is 23.7 Å². The van der Waals surface area contributed by atoms with E-state index in [0.29, 0.717) is 5.92 Å². The van der Waals surface area contributed by atoms with E-state index < -0.39 is 0 Å². The minimum Gasteiger partial charge on any atom is -0.249 e. The van der Waals surface area contributed by atoms with Gasteiger partial charge in [0.25, 0.3) is 0 Å². The van der Waals surface area contributed by atoms with Gasteiger partial charge < -0.3 is 0 Å². The van der Waals surface area contributed by atoms with Crippen molar-refractivity contribution >= 4 is 34.0 Å². The standard InChI is InChI=1S/C21H29N3S3/c1-8-20(4,5)19-23-11-15(27-19)18-24-16(12-25-18)21(6,7)9-17-22-10-14(26-17)13(2)3/h10-13H,8-9H2,1-7H3. The summed E-state index contributed by atoms with van der Waals surface area (Å²) in [4.78, 5) is 16.8. The Bertz CT molecular complexity index is 899. The molecule has 0 aliphatic rings. The molecule has 0 radical (unpaired) electrons. The fraction of sp³-hybridized carbons (Fsp3) is 0.571. The molecule has 3 aromatic rings. The van der Waals surface area contributed by atoms with E-state index in [4.69, 9.17) is 4.98 Å². The first-order chi connectivity index (χ1) is 12.6. The average molecular weight is 420 g/mol. The zero-order chi connectivity index (χ0) is 19.8. The van der Waals surface area contributed by atoms with Gasteiger partial charge >= 0.3 is 0 Å². The third-order valence-electron chi connectivity index (χ3n) is 5.11. The average Bonchev–Trinajstić information content (AvgIpc) is 3.33. The second kappa shape index (κ2) is 7.72. The molecule has 3 nitrogen and oxygen atoms in total. The molecule has 0 saturated heterocycles. The number of thiazole rings is 3. The lowest BCUT2D eigenvalue weighted by atomic mass is 9.86. The SMILES string of the molecule is CCC(C)(C)c1ncc(-c2nc(C(C)(C)Cc3ncc(C(C)C)s3)cs2)s1. The van der Waals surface area contributed by atoms with Gasteiger partial charge in [-0.05, 0) is 12.3 Å². The first-order valence-electron chi connectivity index (χ1n) is 9.49. The van der Waals surface area contributed by atoms with Crippen LogP contribution in [0.4, 0.5) is 0 Å². The normalized spacial score (nSPS) is 12.9. The van der Waals surface area contributed by atoms with Gasteiger partial charge in [-0.2, -0.15) is 0 Å². The van der Waals surface area contributed by atoms with Gasteiger partial charge in [-0.15, -0.1) is 34.0 Å². The minimum atomic E-state index is -0.0307. The predicted octanol–water partition coefficient (Wildman–Crippen LogP) is 7.05. The Morgan fingerprint density at radius 2 is 1.74 bits per heavy atom. The number of hydrogen-bond donors (Lipinski definition) is 0. The van der Waals surface area contributed by atoms with Crippen LogP contribution < -0.4 is 0 Å². The fourth-order valence-electron chi connectivity index (χ4n) is 2.68. The number of hydrogen-bond acceptors (Lipinski definition) is 6. The molecule has 27 heavy (non-hydrogen) atoms. The summed E-state index contributed by atoms with van der Waals surface area (Å²) in [5.41, 5.74) is 1.24. The van der Waals surface area contributed by atoms with Crippen LogP contribution >= 0.6 is 34.0 Å². The monoisotopic (exact) mass is 419 g/mol. The molecule has 3 rings (SSSR count). The third kappa shape index (κ3) is 4.49. The van der Waals surface area contributed by atoms with Gasteiger partial charge in [-0.1, -0.05) is 48.5 Å². The smallest absolute Gasteiger partial charge is 0.135 e. The molecule has 0 aromatic carbocycles. The summed E-state index contributed by atoms with van der Waals surface area (Å²) in [5.74, 6) is 0.540. The third-order valence-corrected chi connectivity index (χ3v) is 8.78. The molecule has 0 bridgehead atoms. The molecule has 0 atom stereocenters. The van der Waals surface area contributed by atoms with Gasteiger partial charge in [0.2, 0.25) is 0 Å². The summed E-state index contributed by atoms with van der Waals surface area (Å²) in [6, 6.07) is 0. The zero-order valence-electron chi connectivity index (χ0n) is 17.3. The Hall–Kier alpha value is -1.11. The molecule has 0 N–H and O–H groups in total. The molecule has 0 unspecified atom stereocenters. The second-order valence-electron chi connectivity index (χ2n) is 8.68. The molecule has 0 saturated carbocycles. The second-order valence-corrected chi connectivity index (χ2v) is 11.7. The number of nitrogens with zero attached hydrogens (tertiary/aromatic N) is 3. The van der Waals surface area contributed by atoms with Gasteiger partial charge in [0, 0.05) is 39.9 Å². The molecule has 0 amide bonds. The first kappa shape index (κ1) is 20.6. The van der Waals surface area contributed by atoms with Gasteiger partial charge in [0.15, 0.2) is 0 Å². The summed E-state index contributed by atoms with van der Waals surface area (Å²) in [6.07, 6.45) is 6.02. The van der Waals surface area contributed by atoms with E-state index >= 15 is 0 Å². The number of aromatic nitrogens is 3. The van der Waals surface area contributed by atoms with Gasteiger partial charge in [0.1, 0.15) is 5.01 Å². The lowest BCUT2D eigenvalue weighted by Crippen LogP contribution is -2.20. The van der Waals surface area contributed by atoms with Crippen LogP contribution in [0.2, 0.25) is 0 Å². The summed E-state index contributed by atoms with van der Waals surface area (Å²) < 4.78 is 0. The lowest BCUT2D eigenvalue weighted by molar-refractivity contribution is 0.503. The number of rotatable bonds is 7. The van der Waals surface area contributed by atoms with Crippen molar-refractivity contribution in [1.29, 1.82) is 0 Å². The van der Waals surface area contributed by atoms with Gasteiger partial charge in [-0.3, -0.25) is 0 Å². The Morgan fingerprint density at radius 3 is 2.37 bits per heavy atom. The van der Waals surface area contributed by atoms with E-state index in [9.17, 15) is 0 Å². The fourth-order valence-corrected chi connectivity index (χ4v) is 5.99. The molecular weight excluding hydrogens is 390 g/mol. The summed E-state index contributed by atoms with van der Waals surface area (Å²) in [6.45, 7) is 15.7. The van der Waals surface area contributed by atoms with Crippen molar-refractivity contribution in [2.24, 2.45) is 0 Å². The van der Waals surface area contributed by atoms with Crippen LogP contribution in [0.3, 0.4) is 0 Å². The van der Waals surface area contributed by atoms with Crippen molar-refractivity contribution < 1.29 is 0 Å². The lowest BCUT2D eigenvalue weighted by Gasteiger charge is -2.20. The molecular formula is C21H29N3S3. The molecule has 0 fully saturated rings. The summed E-state index contributed by atoms with van der Waals surface area (Å²) in [7, 11) is 0. The van der Waals surface area contributed by atoms with E-state index in [1.54, 1.807) is 22.7 Å². The van der Waals surface area contributed by atoms with Crippen molar-refractivity contribution in [2.45, 2.75) is 78.1 Å². The summed E-state index contributed by atoms with van der Waals surface area (Å²) in [5, 5.41) is 5.68. The van der Waals surface area contributed by atoms with Gasteiger partial charge in [0.05, 0.1) is 20.6 Å². The Balaban J connectivity index is 1.79. The van der Waals surface area contributed by atoms with Crippen LogP contribution in [0.5, 0.6) is 0 Å². The maximum absolute atomic E-state index is 4.98. The molecule has 6 heteroatoms. The van der Waals surface area contributed by atoms with Crippen LogP contribution in [0.15, 0.2) is 17.8 Å².